The summed E-state index contributed by atoms with van der Waals surface area (Å²) in [4.78, 5) is 29.3. The molecule has 1 atom stereocenters. The van der Waals surface area contributed by atoms with Crippen LogP contribution in [0.2, 0.25) is 0 Å². The first-order valence-electron chi connectivity index (χ1n) is 12.1. The predicted molar refractivity (Wildman–Crippen MR) is 141 cm³/mol. The van der Waals surface area contributed by atoms with Gasteiger partial charge in [-0.15, -0.1) is 0 Å². The van der Waals surface area contributed by atoms with Crippen molar-refractivity contribution in [1.29, 1.82) is 0 Å². The van der Waals surface area contributed by atoms with Crippen molar-refractivity contribution in [3.8, 4) is 11.1 Å². The summed E-state index contributed by atoms with van der Waals surface area (Å²) in [6.07, 6.45) is -4.22. The molecule has 2 aromatic heterocycles. The van der Waals surface area contributed by atoms with Gasteiger partial charge >= 0.3 is 6.18 Å². The minimum absolute atomic E-state index is 0.0652. The number of benzene rings is 1. The summed E-state index contributed by atoms with van der Waals surface area (Å²) in [5.41, 5.74) is -1.67. The summed E-state index contributed by atoms with van der Waals surface area (Å²) in [6.45, 7) is 1.43. The van der Waals surface area contributed by atoms with E-state index >= 15 is 0 Å². The van der Waals surface area contributed by atoms with Gasteiger partial charge in [0, 0.05) is 49.1 Å². The van der Waals surface area contributed by atoms with Crippen LogP contribution in [0.4, 0.5) is 22.0 Å². The van der Waals surface area contributed by atoms with Gasteiger partial charge in [0.1, 0.15) is 0 Å². The molecule has 7 nitrogen and oxygen atoms in total. The molecule has 0 radical (unpaired) electrons. The van der Waals surface area contributed by atoms with Crippen LogP contribution in [0.3, 0.4) is 0 Å². The van der Waals surface area contributed by atoms with E-state index in [9.17, 15) is 31.5 Å². The number of hydrogen-bond acceptors (Lipinski definition) is 5. The van der Waals surface area contributed by atoms with E-state index in [1.807, 2.05) is 0 Å². The molecule has 0 fully saturated rings. The van der Waals surface area contributed by atoms with E-state index in [0.29, 0.717) is 11.3 Å². The van der Waals surface area contributed by atoms with E-state index in [1.54, 1.807) is 31.1 Å². The number of carbonyl (C=O) groups excluding carboxylic acids is 2. The van der Waals surface area contributed by atoms with Crippen molar-refractivity contribution in [2.24, 2.45) is 7.05 Å². The van der Waals surface area contributed by atoms with Gasteiger partial charge in [-0.25, -0.2) is 8.78 Å². The molecule has 40 heavy (non-hydrogen) atoms. The average Bonchev–Trinajstić information content (AvgIpc) is 3.24. The lowest BCUT2D eigenvalue weighted by Crippen LogP contribution is -2.59. The molecule has 0 spiro atoms. The number of halogens is 5. The molecule has 0 aliphatic carbocycles. The number of nitrogens with zero attached hydrogens (tertiary/aromatic N) is 3. The van der Waals surface area contributed by atoms with Crippen LogP contribution in [-0.4, -0.2) is 51.3 Å². The fourth-order valence-corrected chi connectivity index (χ4v) is 5.03. The Morgan fingerprint density at radius 2 is 1.90 bits per heavy atom. The lowest BCUT2D eigenvalue weighted by Gasteiger charge is -2.41. The van der Waals surface area contributed by atoms with Gasteiger partial charge < -0.3 is 10.6 Å². The zero-order valence-corrected chi connectivity index (χ0v) is 22.6. The maximum Gasteiger partial charge on any atom is 0.416 e. The third-order valence-electron chi connectivity index (χ3n) is 6.68. The molecular formula is C27H26F5N5O2S. The molecule has 1 aromatic carbocycles. The number of thioether (sulfide) groups is 1. The van der Waals surface area contributed by atoms with Crippen molar-refractivity contribution >= 4 is 29.1 Å². The maximum absolute atomic E-state index is 14.9. The van der Waals surface area contributed by atoms with Gasteiger partial charge in [0.15, 0.2) is 5.54 Å². The number of nitrogens with one attached hydrogen (secondary N) is 2. The van der Waals surface area contributed by atoms with Crippen LogP contribution >= 0.6 is 11.8 Å². The summed E-state index contributed by atoms with van der Waals surface area (Å²) in [6, 6.07) is 7.86. The zero-order valence-electron chi connectivity index (χ0n) is 21.8. The van der Waals surface area contributed by atoms with Gasteiger partial charge in [-0.05, 0) is 42.0 Å². The second-order valence-electron chi connectivity index (χ2n) is 9.36. The summed E-state index contributed by atoms with van der Waals surface area (Å²) in [7, 11) is 1.73. The number of rotatable bonds is 8. The number of hydrogen-bond donors (Lipinski definition) is 2. The fraction of sp³-hybridized carbons (Fsp3) is 0.333. The number of carbonyl (C=O) groups is 2. The Bertz CT molecular complexity index is 1430. The molecule has 2 amide bonds. The van der Waals surface area contributed by atoms with Gasteiger partial charge in [0.25, 0.3) is 6.43 Å². The topological polar surface area (TPSA) is 88.9 Å². The van der Waals surface area contributed by atoms with Crippen LogP contribution in [-0.2, 0) is 22.2 Å². The lowest BCUT2D eigenvalue weighted by atomic mass is 9.77. The molecule has 0 unspecified atom stereocenters. The first-order valence-corrected chi connectivity index (χ1v) is 13.5. The van der Waals surface area contributed by atoms with Gasteiger partial charge in [-0.2, -0.15) is 30.0 Å². The molecule has 1 aliphatic heterocycles. The van der Waals surface area contributed by atoms with Crippen LogP contribution < -0.4 is 10.6 Å². The van der Waals surface area contributed by atoms with Crippen molar-refractivity contribution in [2.75, 3.05) is 18.6 Å². The Morgan fingerprint density at radius 3 is 2.42 bits per heavy atom. The fourth-order valence-electron chi connectivity index (χ4n) is 4.66. The van der Waals surface area contributed by atoms with Gasteiger partial charge in [-0.1, -0.05) is 24.3 Å². The number of pyridine rings is 1. The van der Waals surface area contributed by atoms with Crippen LogP contribution in [0.1, 0.15) is 35.4 Å². The molecule has 3 aromatic rings. The lowest BCUT2D eigenvalue weighted by molar-refractivity contribution is -0.201. The second kappa shape index (κ2) is 11.4. The van der Waals surface area contributed by atoms with Crippen molar-refractivity contribution in [1.82, 2.24) is 25.4 Å². The van der Waals surface area contributed by atoms with Crippen molar-refractivity contribution in [3.05, 3.63) is 76.9 Å². The second-order valence-corrected chi connectivity index (χ2v) is 10.2. The van der Waals surface area contributed by atoms with Crippen molar-refractivity contribution in [2.45, 2.75) is 31.5 Å². The first-order chi connectivity index (χ1) is 18.9. The summed E-state index contributed by atoms with van der Waals surface area (Å²) in [5, 5.41) is 8.95. The highest BCUT2D eigenvalue weighted by atomic mass is 32.2. The third-order valence-corrected chi connectivity index (χ3v) is 7.23. The Balaban J connectivity index is 1.81. The van der Waals surface area contributed by atoms with E-state index in [2.05, 4.69) is 20.7 Å². The highest BCUT2D eigenvalue weighted by Crippen LogP contribution is 2.48. The normalized spacial score (nSPS) is 17.8. The molecule has 0 bridgehead atoms. The zero-order chi connectivity index (χ0) is 29.2. The third kappa shape index (κ3) is 5.74. The first kappa shape index (κ1) is 29.2. The molecule has 3 heterocycles. The number of aromatic nitrogens is 3. The summed E-state index contributed by atoms with van der Waals surface area (Å²) >= 11 is 1.23. The Hall–Kier alpha value is -3.74. The SMILES string of the molecule is CSCC(=O)NCC1=C(c2ccc(C(F)F)cn2)C[C@](c2ccc(-c3cn(C)nc3C)cc2)(C(F)(F)F)NC1=O. The van der Waals surface area contributed by atoms with E-state index in [1.165, 1.54) is 36.0 Å². The van der Waals surface area contributed by atoms with Gasteiger partial charge in [-0.3, -0.25) is 19.3 Å². The average molecular weight is 580 g/mol. The highest BCUT2D eigenvalue weighted by Gasteiger charge is 2.59. The standard InChI is InChI=1S/C27H26F5N5O2S/c1-15-21(13-37(2)36-15)16-4-7-18(8-5-16)26(27(30,31)32)10-19(22-9-6-17(11-33-22)24(28)29)20(25(39)35-26)12-34-23(38)14-40-3/h4-9,11,13,24H,10,12,14H2,1-3H3,(H,34,38)(H,35,39)/t26-/m0/s1. The van der Waals surface area contributed by atoms with Gasteiger partial charge in [0.2, 0.25) is 11.8 Å². The van der Waals surface area contributed by atoms with E-state index in [4.69, 9.17) is 0 Å². The highest BCUT2D eigenvalue weighted by molar-refractivity contribution is 7.99. The number of alkyl halides is 5. The van der Waals surface area contributed by atoms with Gasteiger partial charge in [0.05, 0.1) is 17.1 Å². The van der Waals surface area contributed by atoms with Crippen LogP contribution in [0.5, 0.6) is 0 Å². The molecule has 4 rings (SSSR count). The molecule has 212 valence electrons. The molecule has 0 saturated heterocycles. The molecule has 0 saturated carbocycles. The quantitative estimate of drug-likeness (QED) is 0.369. The van der Waals surface area contributed by atoms with E-state index in [0.717, 1.165) is 23.9 Å². The monoisotopic (exact) mass is 579 g/mol. The Kier molecular flexibility index (Phi) is 8.33. The van der Waals surface area contributed by atoms with Crippen LogP contribution in [0.15, 0.2) is 54.4 Å². The van der Waals surface area contributed by atoms with Crippen LogP contribution in [0.25, 0.3) is 16.7 Å². The van der Waals surface area contributed by atoms with Crippen molar-refractivity contribution < 1.29 is 31.5 Å². The minimum Gasteiger partial charge on any atom is -0.351 e. The van der Waals surface area contributed by atoms with E-state index in [-0.39, 0.29) is 34.7 Å². The van der Waals surface area contributed by atoms with Crippen molar-refractivity contribution in [3.63, 3.8) is 0 Å². The molecule has 1 aliphatic rings. The Labute approximate surface area is 231 Å². The molecular weight excluding hydrogens is 553 g/mol. The van der Waals surface area contributed by atoms with E-state index < -0.39 is 41.9 Å². The molecule has 2 N–H and O–H groups in total. The number of amides is 2. The summed E-state index contributed by atoms with van der Waals surface area (Å²) < 4.78 is 72.6. The predicted octanol–water partition coefficient (Wildman–Crippen LogP) is 4.94. The molecule has 13 heteroatoms. The number of aryl methyl sites for hydroxylation is 2. The summed E-state index contributed by atoms with van der Waals surface area (Å²) in [5.74, 6) is -1.38. The Morgan fingerprint density at radius 1 is 1.20 bits per heavy atom. The smallest absolute Gasteiger partial charge is 0.351 e. The van der Waals surface area contributed by atoms with Crippen LogP contribution in [0, 0.1) is 6.92 Å². The maximum atomic E-state index is 14.9. The largest absolute Gasteiger partial charge is 0.416 e. The minimum atomic E-state index is -4.95.